The van der Waals surface area contributed by atoms with E-state index in [1.165, 1.54) is 12.1 Å². The minimum absolute atomic E-state index is 0.989. The van der Waals surface area contributed by atoms with Gasteiger partial charge in [0.25, 0.3) is 0 Å². The summed E-state index contributed by atoms with van der Waals surface area (Å²) in [6.07, 6.45) is 0. The van der Waals surface area contributed by atoms with E-state index < -0.39 is 16.1 Å². The molecule has 0 aliphatic heterocycles. The number of rotatable bonds is 4. The quantitative estimate of drug-likeness (QED) is 0.689. The number of hydrogen-bond acceptors (Lipinski definition) is 0. The van der Waals surface area contributed by atoms with Crippen LogP contribution in [-0.4, -0.2) is 16.1 Å². The lowest BCUT2D eigenvalue weighted by Gasteiger charge is -2.22. The summed E-state index contributed by atoms with van der Waals surface area (Å²) in [6, 6.07) is 11.7. The van der Waals surface area contributed by atoms with E-state index in [1.54, 1.807) is 11.1 Å². The van der Waals surface area contributed by atoms with Crippen LogP contribution in [0.4, 0.5) is 0 Å². The van der Waals surface area contributed by atoms with Crippen molar-refractivity contribution in [2.75, 3.05) is 0 Å². The molecule has 2 heteroatoms. The molecule has 1 rings (SSSR count). The van der Waals surface area contributed by atoms with Crippen LogP contribution < -0.4 is 0 Å². The van der Waals surface area contributed by atoms with E-state index in [0.29, 0.717) is 0 Å². The third kappa shape index (κ3) is 5.12. The summed E-state index contributed by atoms with van der Waals surface area (Å²) in [4.78, 5) is 0. The molecule has 0 aliphatic rings. The van der Waals surface area contributed by atoms with Crippen molar-refractivity contribution in [3.05, 3.63) is 35.4 Å². The Bertz CT molecular complexity index is 307. The highest BCUT2D eigenvalue weighted by atomic mass is 28.3. The summed E-state index contributed by atoms with van der Waals surface area (Å²) in [7, 11) is -1.98. The first-order valence-electron chi connectivity index (χ1n) is 6.24. The van der Waals surface area contributed by atoms with Crippen molar-refractivity contribution in [3.8, 4) is 0 Å². The van der Waals surface area contributed by atoms with Crippen LogP contribution >= 0.6 is 0 Å². The van der Waals surface area contributed by atoms with Crippen LogP contribution in [0.3, 0.4) is 0 Å². The third-order valence-electron chi connectivity index (χ3n) is 2.56. The lowest BCUT2D eigenvalue weighted by atomic mass is 10.1. The van der Waals surface area contributed by atoms with Gasteiger partial charge in [-0.2, -0.15) is 0 Å². The van der Waals surface area contributed by atoms with Gasteiger partial charge in [0.1, 0.15) is 0 Å². The summed E-state index contributed by atoms with van der Waals surface area (Å²) in [5.41, 5.74) is 3.23. The second-order valence-corrected chi connectivity index (χ2v) is 18.2. The van der Waals surface area contributed by atoms with Gasteiger partial charge < -0.3 is 0 Å². The van der Waals surface area contributed by atoms with Crippen LogP contribution in [0.5, 0.6) is 0 Å². The van der Waals surface area contributed by atoms with Crippen LogP contribution in [0.1, 0.15) is 11.1 Å². The first-order chi connectivity index (χ1) is 7.17. The first-order valence-corrected chi connectivity index (χ1v) is 13.7. The van der Waals surface area contributed by atoms with Crippen LogP contribution in [0, 0.1) is 0 Å². The average Bonchev–Trinajstić information content (AvgIpc) is 2.03. The molecule has 16 heavy (non-hydrogen) atoms. The van der Waals surface area contributed by atoms with E-state index in [0.717, 1.165) is 0 Å². The third-order valence-corrected chi connectivity index (χ3v) is 5.44. The monoisotopic (exact) mass is 250 g/mol. The molecule has 1 aromatic carbocycles. The Balaban J connectivity index is 2.92. The van der Waals surface area contributed by atoms with Crippen molar-refractivity contribution >= 4 is 16.1 Å². The summed E-state index contributed by atoms with van der Waals surface area (Å²) >= 11 is 0. The van der Waals surface area contributed by atoms with Gasteiger partial charge in [0.2, 0.25) is 0 Å². The van der Waals surface area contributed by atoms with E-state index in [1.807, 2.05) is 0 Å². The van der Waals surface area contributed by atoms with E-state index in [9.17, 15) is 0 Å². The topological polar surface area (TPSA) is 0 Å². The fraction of sp³-hybridized carbons (Fsp3) is 0.571. The van der Waals surface area contributed by atoms with Gasteiger partial charge >= 0.3 is 0 Å². The molecule has 0 saturated heterocycles. The molecule has 1 aromatic rings. The molecule has 0 bridgehead atoms. The second-order valence-electron chi connectivity index (χ2n) is 7.24. The molecule has 0 unspecified atom stereocenters. The second kappa shape index (κ2) is 4.88. The predicted molar refractivity (Wildman–Crippen MR) is 80.5 cm³/mol. The van der Waals surface area contributed by atoms with E-state index in [-0.39, 0.29) is 0 Å². The van der Waals surface area contributed by atoms with Crippen LogP contribution in [0.25, 0.3) is 0 Å². The zero-order valence-corrected chi connectivity index (χ0v) is 13.7. The summed E-state index contributed by atoms with van der Waals surface area (Å²) < 4.78 is 0. The molecule has 90 valence electrons. The Hall–Kier alpha value is -0.346. The Labute approximate surface area is 103 Å². The van der Waals surface area contributed by atoms with Crippen LogP contribution in [0.2, 0.25) is 39.3 Å². The van der Waals surface area contributed by atoms with Crippen molar-refractivity contribution in [1.29, 1.82) is 0 Å². The highest BCUT2D eigenvalue weighted by molar-refractivity contribution is 6.76. The normalized spacial score (nSPS) is 12.9. The standard InChI is InChI=1S/C14H26Si2/c1-15(2,3)11-13-9-7-8-10-14(13)12-16(4,5)6/h7-10H,11-12H2,1-6H3. The van der Waals surface area contributed by atoms with E-state index >= 15 is 0 Å². The fourth-order valence-electron chi connectivity index (χ4n) is 2.05. The van der Waals surface area contributed by atoms with Crippen molar-refractivity contribution in [1.82, 2.24) is 0 Å². The lowest BCUT2D eigenvalue weighted by Crippen LogP contribution is -2.28. The molecular formula is C14H26Si2. The predicted octanol–water partition coefficient (Wildman–Crippen LogP) is 4.53. The van der Waals surface area contributed by atoms with Gasteiger partial charge in [0, 0.05) is 16.1 Å². The zero-order valence-electron chi connectivity index (χ0n) is 11.7. The Morgan fingerprint density at radius 3 is 1.25 bits per heavy atom. The zero-order chi connectivity index (χ0) is 12.4. The minimum atomic E-state index is -0.989. The fourth-order valence-corrected chi connectivity index (χ4v) is 5.02. The molecule has 0 aliphatic carbocycles. The smallest absolute Gasteiger partial charge is 0.0487 e. The Kier molecular flexibility index (Phi) is 4.19. The van der Waals surface area contributed by atoms with E-state index in [2.05, 4.69) is 63.5 Å². The lowest BCUT2D eigenvalue weighted by molar-refractivity contribution is 1.19. The molecule has 0 heterocycles. The van der Waals surface area contributed by atoms with Crippen molar-refractivity contribution in [2.24, 2.45) is 0 Å². The van der Waals surface area contributed by atoms with Gasteiger partial charge in [-0.15, -0.1) is 0 Å². The maximum absolute atomic E-state index is 2.46. The molecule has 0 saturated carbocycles. The van der Waals surface area contributed by atoms with Crippen molar-refractivity contribution < 1.29 is 0 Å². The molecule has 0 radical (unpaired) electrons. The maximum atomic E-state index is 2.46. The molecular weight excluding hydrogens is 224 g/mol. The molecule has 0 fully saturated rings. The molecule has 0 N–H and O–H groups in total. The SMILES string of the molecule is C[Si](C)(C)Cc1ccccc1C[Si](C)(C)C. The van der Waals surface area contributed by atoms with Gasteiger partial charge in [-0.25, -0.2) is 0 Å². The number of hydrogen-bond donors (Lipinski definition) is 0. The van der Waals surface area contributed by atoms with E-state index in [4.69, 9.17) is 0 Å². The van der Waals surface area contributed by atoms with Gasteiger partial charge in [0.15, 0.2) is 0 Å². The summed E-state index contributed by atoms with van der Waals surface area (Å²) in [5, 5.41) is 0. The van der Waals surface area contributed by atoms with Crippen LogP contribution in [0.15, 0.2) is 24.3 Å². The minimum Gasteiger partial charge on any atom is -0.0693 e. The molecule has 0 aromatic heterocycles. The summed E-state index contributed by atoms with van der Waals surface area (Å²) in [5.74, 6) is 0. The largest absolute Gasteiger partial charge is 0.0693 e. The van der Waals surface area contributed by atoms with Crippen LogP contribution in [-0.2, 0) is 12.1 Å². The highest BCUT2D eigenvalue weighted by Crippen LogP contribution is 2.20. The van der Waals surface area contributed by atoms with Gasteiger partial charge in [-0.1, -0.05) is 63.5 Å². The van der Waals surface area contributed by atoms with Gasteiger partial charge in [-0.3, -0.25) is 0 Å². The summed E-state index contributed by atoms with van der Waals surface area (Å²) in [6.45, 7) is 14.7. The molecule has 0 nitrogen and oxygen atoms in total. The van der Waals surface area contributed by atoms with Gasteiger partial charge in [0.05, 0.1) is 0 Å². The molecule has 0 amide bonds. The van der Waals surface area contributed by atoms with Crippen molar-refractivity contribution in [3.63, 3.8) is 0 Å². The first kappa shape index (κ1) is 13.7. The molecule has 0 spiro atoms. The Morgan fingerprint density at radius 2 is 1.00 bits per heavy atom. The number of benzene rings is 1. The van der Waals surface area contributed by atoms with Gasteiger partial charge in [-0.05, 0) is 23.2 Å². The van der Waals surface area contributed by atoms with Crippen molar-refractivity contribution in [2.45, 2.75) is 51.4 Å². The Morgan fingerprint density at radius 1 is 0.688 bits per heavy atom. The maximum Gasteiger partial charge on any atom is 0.0487 e. The highest BCUT2D eigenvalue weighted by Gasteiger charge is 2.19. The average molecular weight is 251 g/mol. The molecule has 0 atom stereocenters.